The van der Waals surface area contributed by atoms with Gasteiger partial charge in [-0.3, -0.25) is 9.78 Å². The van der Waals surface area contributed by atoms with Gasteiger partial charge in [0, 0.05) is 60.0 Å². The summed E-state index contributed by atoms with van der Waals surface area (Å²) >= 11 is 1.73. The van der Waals surface area contributed by atoms with E-state index in [1.807, 2.05) is 52.1 Å². The van der Waals surface area contributed by atoms with Crippen molar-refractivity contribution in [3.05, 3.63) is 88.9 Å². The maximum absolute atomic E-state index is 15.1. The minimum Gasteiger partial charge on any atom is -0.512 e. The van der Waals surface area contributed by atoms with Gasteiger partial charge in [0.1, 0.15) is 11.4 Å². The molecular weight excluding hydrogens is 822 g/mol. The van der Waals surface area contributed by atoms with Crippen LogP contribution in [0.1, 0.15) is 97.1 Å². The van der Waals surface area contributed by atoms with Crippen LogP contribution < -0.4 is 0 Å². The molecule has 0 bridgehead atoms. The molecule has 0 unspecified atom stereocenters. The van der Waals surface area contributed by atoms with Gasteiger partial charge in [-0.1, -0.05) is 70.7 Å². The summed E-state index contributed by atoms with van der Waals surface area (Å²) < 4.78 is 22.8. The summed E-state index contributed by atoms with van der Waals surface area (Å²) in [6, 6.07) is 17.5. The van der Waals surface area contributed by atoms with E-state index in [-0.39, 0.29) is 49.3 Å². The average molecular weight is 869 g/mol. The molecule has 3 aromatic heterocycles. The van der Waals surface area contributed by atoms with E-state index in [1.54, 1.807) is 17.4 Å². The minimum absolute atomic E-state index is 0. The number of hydrogen-bond acceptors (Lipinski definition) is 5. The van der Waals surface area contributed by atoms with Crippen molar-refractivity contribution in [1.29, 1.82) is 0 Å². The van der Waals surface area contributed by atoms with Crippen LogP contribution in [0.4, 0.5) is 4.39 Å². The fourth-order valence-corrected chi connectivity index (χ4v) is 8.10. The number of aromatic nitrogens is 1. The zero-order chi connectivity index (χ0) is 34.8. The quantitative estimate of drug-likeness (QED) is 0.0800. The van der Waals surface area contributed by atoms with E-state index in [1.165, 1.54) is 17.0 Å². The Morgan fingerprint density at radius 1 is 1.02 bits per heavy atom. The molecule has 1 saturated carbocycles. The van der Waals surface area contributed by atoms with Crippen molar-refractivity contribution in [2.75, 3.05) is 0 Å². The van der Waals surface area contributed by atoms with Crippen molar-refractivity contribution < 1.29 is 38.8 Å². The van der Waals surface area contributed by atoms with E-state index in [0.717, 1.165) is 99.2 Å². The van der Waals surface area contributed by atoms with Crippen molar-refractivity contribution >= 4 is 59.9 Å². The molecule has 3 aromatic carbocycles. The van der Waals surface area contributed by atoms with Gasteiger partial charge in [-0.15, -0.1) is 28.9 Å². The van der Waals surface area contributed by atoms with Crippen LogP contribution in [-0.2, 0) is 31.3 Å². The first-order valence-electron chi connectivity index (χ1n) is 18.0. The van der Waals surface area contributed by atoms with Gasteiger partial charge in [0.15, 0.2) is 5.78 Å². The van der Waals surface area contributed by atoms with Crippen LogP contribution in [-0.4, -0.2) is 15.9 Å². The Labute approximate surface area is 312 Å². The molecule has 1 radical (unpaired) electrons. The fraction of sp³-hybridized carbons (Fsp3) is 0.395. The third-order valence-corrected chi connectivity index (χ3v) is 11.1. The summed E-state index contributed by atoms with van der Waals surface area (Å²) in [5, 5.41) is 17.0. The summed E-state index contributed by atoms with van der Waals surface area (Å²) in [7, 11) is 0. The largest absolute Gasteiger partial charge is 0.512 e. The fourth-order valence-electron chi connectivity index (χ4n) is 7.02. The molecule has 3 heterocycles. The van der Waals surface area contributed by atoms with Crippen LogP contribution in [0.15, 0.2) is 70.3 Å². The van der Waals surface area contributed by atoms with E-state index in [9.17, 15) is 9.90 Å². The molecule has 1 aliphatic rings. The summed E-state index contributed by atoms with van der Waals surface area (Å²) in [6.45, 7) is 12.6. The van der Waals surface area contributed by atoms with Gasteiger partial charge in [0.25, 0.3) is 0 Å². The molecule has 50 heavy (non-hydrogen) atoms. The summed E-state index contributed by atoms with van der Waals surface area (Å²) in [6.07, 6.45) is 9.93. The van der Waals surface area contributed by atoms with Crippen LogP contribution in [0.5, 0.6) is 0 Å². The van der Waals surface area contributed by atoms with E-state index < -0.39 is 0 Å². The van der Waals surface area contributed by atoms with Gasteiger partial charge in [-0.05, 0) is 102 Å². The molecule has 7 rings (SSSR count). The molecule has 1 N–H and O–H groups in total. The Bertz CT molecular complexity index is 2150. The number of aliphatic hydroxyl groups excluding tert-OH is 1. The number of rotatable bonds is 11. The molecular formula is C43H47FIrNO3S-. The SMILES string of the molecule is CC(C)Cc1csc2c(-c3[c-]c4ccccc4c4c3oc3cc(C5CC5)c(F)cc34)nccc12.CCC(CC)C(=O)/C=C(\O)C(CC)CC.[Ir]. The molecule has 0 spiro atoms. The molecule has 0 saturated heterocycles. The summed E-state index contributed by atoms with van der Waals surface area (Å²) in [5.41, 5.74) is 5.34. The molecule has 6 aromatic rings. The second-order valence-electron chi connectivity index (χ2n) is 13.9. The zero-order valence-corrected chi connectivity index (χ0v) is 33.1. The Morgan fingerprint density at radius 3 is 2.38 bits per heavy atom. The molecule has 265 valence electrons. The number of furan rings is 1. The standard InChI is InChI=1S/C30H23FNOS.C13H24O2.Ir/c1-16(2)11-19-15-34-30-21(19)9-10-32-28(30)24-12-18-5-3-4-6-20(18)27-23-13-25(31)22(17-7-8-17)14-26(23)33-29(24)27;1-5-10(6-2)12(14)9-13(15)11(7-3)8-4;/h3-6,9-10,13-17H,7-8,11H2,1-2H3;9-11,14H,5-8H2,1-4H3;/q-1;;/b;12-9-;. The monoisotopic (exact) mass is 869 g/mol. The summed E-state index contributed by atoms with van der Waals surface area (Å²) in [5.74, 6) is 1.32. The van der Waals surface area contributed by atoms with Crippen LogP contribution in [0.3, 0.4) is 0 Å². The van der Waals surface area contributed by atoms with E-state index >= 15 is 4.39 Å². The number of fused-ring (bicyclic) bond motifs is 6. The van der Waals surface area contributed by atoms with Crippen molar-refractivity contribution in [1.82, 2.24) is 4.98 Å². The van der Waals surface area contributed by atoms with Gasteiger partial charge < -0.3 is 9.52 Å². The second-order valence-corrected chi connectivity index (χ2v) is 14.8. The first-order chi connectivity index (χ1) is 23.7. The predicted molar refractivity (Wildman–Crippen MR) is 203 cm³/mol. The van der Waals surface area contributed by atoms with Crippen LogP contribution in [0.2, 0.25) is 0 Å². The van der Waals surface area contributed by atoms with E-state index in [0.29, 0.717) is 11.8 Å². The molecule has 0 atom stereocenters. The Morgan fingerprint density at radius 2 is 1.72 bits per heavy atom. The third kappa shape index (κ3) is 7.61. The minimum atomic E-state index is -0.132. The van der Waals surface area contributed by atoms with E-state index in [2.05, 4.69) is 43.5 Å². The molecule has 7 heteroatoms. The second kappa shape index (κ2) is 16.3. The smallest absolute Gasteiger partial charge is 0.162 e. The van der Waals surface area contributed by atoms with Crippen LogP contribution >= 0.6 is 11.3 Å². The number of pyridine rings is 1. The van der Waals surface area contributed by atoms with Crippen molar-refractivity contribution in [3.63, 3.8) is 0 Å². The number of nitrogens with zero attached hydrogens (tertiary/aromatic N) is 1. The van der Waals surface area contributed by atoms with Crippen LogP contribution in [0, 0.1) is 29.6 Å². The Kier molecular flexibility index (Phi) is 12.4. The van der Waals surface area contributed by atoms with Crippen LogP contribution in [0.25, 0.3) is 54.1 Å². The number of ketones is 1. The number of aliphatic hydroxyl groups is 1. The van der Waals surface area contributed by atoms with Crippen molar-refractivity contribution in [3.8, 4) is 11.3 Å². The topological polar surface area (TPSA) is 63.3 Å². The number of allylic oxidation sites excluding steroid dienone is 2. The number of hydrogen-bond donors (Lipinski definition) is 1. The van der Waals surface area contributed by atoms with Gasteiger partial charge in [0.05, 0.1) is 11.3 Å². The molecule has 0 amide bonds. The van der Waals surface area contributed by atoms with E-state index in [4.69, 9.17) is 9.40 Å². The Hall–Kier alpha value is -3.38. The zero-order valence-electron chi connectivity index (χ0n) is 29.9. The predicted octanol–water partition coefficient (Wildman–Crippen LogP) is 12.9. The number of halogens is 1. The first-order valence-corrected chi connectivity index (χ1v) is 18.9. The average Bonchev–Trinajstić information content (AvgIpc) is 3.76. The third-order valence-electron chi connectivity index (χ3n) is 10.0. The van der Waals surface area contributed by atoms with Crippen molar-refractivity contribution in [2.24, 2.45) is 17.8 Å². The molecule has 1 fully saturated rings. The Balaban J connectivity index is 0.000000261. The maximum atomic E-state index is 15.1. The van der Waals surface area contributed by atoms with Gasteiger partial charge in [-0.2, -0.15) is 0 Å². The number of carbonyl (C=O) groups excluding carboxylic acids is 1. The first kappa shape index (κ1) is 37.9. The molecule has 0 aliphatic heterocycles. The molecule has 1 aliphatic carbocycles. The summed E-state index contributed by atoms with van der Waals surface area (Å²) in [4.78, 5) is 16.5. The maximum Gasteiger partial charge on any atom is 0.162 e. The number of carbonyl (C=O) groups is 1. The van der Waals surface area contributed by atoms with Gasteiger partial charge in [-0.25, -0.2) is 4.39 Å². The molecule has 4 nitrogen and oxygen atoms in total. The van der Waals surface area contributed by atoms with Gasteiger partial charge >= 0.3 is 0 Å². The normalized spacial score (nSPS) is 13.5. The van der Waals surface area contributed by atoms with Gasteiger partial charge in [0.2, 0.25) is 0 Å². The number of benzene rings is 3. The number of thiophene rings is 1. The van der Waals surface area contributed by atoms with Crippen molar-refractivity contribution in [2.45, 2.75) is 92.4 Å².